The summed E-state index contributed by atoms with van der Waals surface area (Å²) in [5.41, 5.74) is 0. The minimum Gasteiger partial charge on any atom is -0.475 e. The van der Waals surface area contributed by atoms with Crippen LogP contribution in [0.3, 0.4) is 0 Å². The second kappa shape index (κ2) is 7.78. The number of hydrogen-bond donors (Lipinski definition) is 2. The summed E-state index contributed by atoms with van der Waals surface area (Å²) in [5.74, 6) is -1.17. The Kier molecular flexibility index (Phi) is 6.31. The molecule has 100 valence electrons. The molecule has 1 aromatic rings. The molecule has 0 saturated heterocycles. The maximum absolute atomic E-state index is 11.4. The van der Waals surface area contributed by atoms with Crippen LogP contribution < -0.4 is 5.32 Å². The van der Waals surface area contributed by atoms with Crippen molar-refractivity contribution in [3.8, 4) is 0 Å². The fraction of sp³-hybridized carbons (Fsp3) is 0.455. The number of amides is 1. The smallest absolute Gasteiger partial charge is 0.371 e. The van der Waals surface area contributed by atoms with Crippen molar-refractivity contribution in [1.82, 2.24) is 5.32 Å². The van der Waals surface area contributed by atoms with E-state index in [9.17, 15) is 9.59 Å². The summed E-state index contributed by atoms with van der Waals surface area (Å²) in [6.45, 7) is 1.17. The van der Waals surface area contributed by atoms with Crippen molar-refractivity contribution in [3.63, 3.8) is 0 Å². The molecule has 0 aromatic carbocycles. The fourth-order valence-electron chi connectivity index (χ4n) is 1.14. The van der Waals surface area contributed by atoms with Gasteiger partial charge in [0.15, 0.2) is 5.09 Å². The molecule has 0 unspecified atom stereocenters. The Hall–Kier alpha value is -1.47. The number of carboxylic acid groups (broad SMARTS) is 1. The third-order valence-electron chi connectivity index (χ3n) is 1.99. The van der Waals surface area contributed by atoms with Crippen molar-refractivity contribution in [1.29, 1.82) is 0 Å². The SMILES string of the molecule is COCCCNC(=O)CSc1ccc(C(=O)O)o1. The van der Waals surface area contributed by atoms with Crippen LogP contribution in [0, 0.1) is 0 Å². The van der Waals surface area contributed by atoms with Gasteiger partial charge in [-0.05, 0) is 18.6 Å². The van der Waals surface area contributed by atoms with E-state index in [0.717, 1.165) is 18.2 Å². The number of nitrogens with one attached hydrogen (secondary N) is 1. The van der Waals surface area contributed by atoms with Crippen LogP contribution in [-0.2, 0) is 9.53 Å². The molecule has 0 radical (unpaired) electrons. The molecule has 7 heteroatoms. The summed E-state index contributed by atoms with van der Waals surface area (Å²) >= 11 is 1.16. The van der Waals surface area contributed by atoms with Crippen molar-refractivity contribution in [2.24, 2.45) is 0 Å². The summed E-state index contributed by atoms with van der Waals surface area (Å²) in [7, 11) is 1.61. The van der Waals surface area contributed by atoms with Gasteiger partial charge in [0, 0.05) is 20.3 Å². The molecule has 0 aliphatic heterocycles. The molecule has 6 nitrogen and oxygen atoms in total. The molecule has 0 spiro atoms. The first-order valence-corrected chi connectivity index (χ1v) is 6.33. The van der Waals surface area contributed by atoms with Crippen LogP contribution in [0.25, 0.3) is 0 Å². The van der Waals surface area contributed by atoms with E-state index in [-0.39, 0.29) is 17.4 Å². The molecule has 0 atom stereocenters. The number of hydrogen-bond acceptors (Lipinski definition) is 5. The number of thioether (sulfide) groups is 1. The van der Waals surface area contributed by atoms with Gasteiger partial charge < -0.3 is 19.6 Å². The highest BCUT2D eigenvalue weighted by Crippen LogP contribution is 2.20. The zero-order valence-electron chi connectivity index (χ0n) is 9.97. The van der Waals surface area contributed by atoms with E-state index in [1.54, 1.807) is 7.11 Å². The molecule has 0 fully saturated rings. The van der Waals surface area contributed by atoms with Gasteiger partial charge >= 0.3 is 5.97 Å². The van der Waals surface area contributed by atoms with Gasteiger partial charge in [-0.15, -0.1) is 0 Å². The molecule has 0 saturated carbocycles. The van der Waals surface area contributed by atoms with E-state index in [4.69, 9.17) is 14.3 Å². The van der Waals surface area contributed by atoms with Crippen LogP contribution in [0.15, 0.2) is 21.6 Å². The van der Waals surface area contributed by atoms with Gasteiger partial charge in [-0.1, -0.05) is 11.8 Å². The number of carboxylic acids is 1. The summed E-state index contributed by atoms with van der Waals surface area (Å²) < 4.78 is 9.85. The van der Waals surface area contributed by atoms with Crippen LogP contribution in [0.1, 0.15) is 17.0 Å². The highest BCUT2D eigenvalue weighted by atomic mass is 32.2. The highest BCUT2D eigenvalue weighted by Gasteiger charge is 2.10. The largest absolute Gasteiger partial charge is 0.475 e. The van der Waals surface area contributed by atoms with Gasteiger partial charge in [-0.25, -0.2) is 4.79 Å². The number of rotatable bonds is 8. The Bertz CT molecular complexity index is 404. The average molecular weight is 273 g/mol. The third-order valence-corrected chi connectivity index (χ3v) is 2.90. The van der Waals surface area contributed by atoms with E-state index in [0.29, 0.717) is 18.2 Å². The summed E-state index contributed by atoms with van der Waals surface area (Å²) in [5, 5.41) is 11.8. The Morgan fingerprint density at radius 2 is 2.28 bits per heavy atom. The summed E-state index contributed by atoms with van der Waals surface area (Å²) in [6, 6.07) is 2.90. The molecular weight excluding hydrogens is 258 g/mol. The predicted molar refractivity (Wildman–Crippen MR) is 65.9 cm³/mol. The molecule has 1 aromatic heterocycles. The molecule has 1 rings (SSSR count). The highest BCUT2D eigenvalue weighted by molar-refractivity contribution is 7.99. The summed E-state index contributed by atoms with van der Waals surface area (Å²) in [6.07, 6.45) is 0.761. The van der Waals surface area contributed by atoms with E-state index < -0.39 is 5.97 Å². The van der Waals surface area contributed by atoms with Crippen molar-refractivity contribution >= 4 is 23.6 Å². The van der Waals surface area contributed by atoms with Gasteiger partial charge in [0.05, 0.1) is 5.75 Å². The Labute approximate surface area is 109 Å². The molecule has 0 bridgehead atoms. The van der Waals surface area contributed by atoms with E-state index in [1.165, 1.54) is 12.1 Å². The molecule has 0 aliphatic rings. The minimum atomic E-state index is -1.12. The Morgan fingerprint density at radius 1 is 1.50 bits per heavy atom. The van der Waals surface area contributed by atoms with Crippen molar-refractivity contribution in [2.75, 3.05) is 26.0 Å². The van der Waals surface area contributed by atoms with Crippen molar-refractivity contribution in [2.45, 2.75) is 11.5 Å². The van der Waals surface area contributed by atoms with Crippen LogP contribution in [0.4, 0.5) is 0 Å². The quantitative estimate of drug-likeness (QED) is 0.547. The molecule has 1 amide bonds. The van der Waals surface area contributed by atoms with Crippen molar-refractivity contribution in [3.05, 3.63) is 17.9 Å². The number of furan rings is 1. The minimum absolute atomic E-state index is 0.121. The monoisotopic (exact) mass is 273 g/mol. The second-order valence-electron chi connectivity index (χ2n) is 3.41. The lowest BCUT2D eigenvalue weighted by atomic mass is 10.4. The molecular formula is C11H15NO5S. The van der Waals surface area contributed by atoms with Gasteiger partial charge in [0.2, 0.25) is 11.7 Å². The first-order chi connectivity index (χ1) is 8.63. The van der Waals surface area contributed by atoms with E-state index in [1.807, 2.05) is 0 Å². The number of ether oxygens (including phenoxy) is 1. The summed E-state index contributed by atoms with van der Waals surface area (Å²) in [4.78, 5) is 22.0. The van der Waals surface area contributed by atoms with Gasteiger partial charge in [-0.3, -0.25) is 4.79 Å². The van der Waals surface area contributed by atoms with Gasteiger partial charge in [-0.2, -0.15) is 0 Å². The maximum atomic E-state index is 11.4. The molecule has 0 aliphatic carbocycles. The number of methoxy groups -OCH3 is 1. The maximum Gasteiger partial charge on any atom is 0.371 e. The van der Waals surface area contributed by atoms with Crippen LogP contribution in [-0.4, -0.2) is 43.0 Å². The fourth-order valence-corrected chi connectivity index (χ4v) is 1.83. The number of carbonyl (C=O) groups excluding carboxylic acids is 1. The van der Waals surface area contributed by atoms with Crippen LogP contribution in [0.5, 0.6) is 0 Å². The molecule has 2 N–H and O–H groups in total. The zero-order valence-corrected chi connectivity index (χ0v) is 10.8. The molecule has 18 heavy (non-hydrogen) atoms. The first kappa shape index (κ1) is 14.6. The number of carbonyl (C=O) groups is 2. The average Bonchev–Trinajstić information content (AvgIpc) is 2.81. The first-order valence-electron chi connectivity index (χ1n) is 5.35. The lowest BCUT2D eigenvalue weighted by Crippen LogP contribution is -2.26. The van der Waals surface area contributed by atoms with Gasteiger partial charge in [0.25, 0.3) is 0 Å². The normalized spacial score (nSPS) is 10.3. The van der Waals surface area contributed by atoms with E-state index >= 15 is 0 Å². The van der Waals surface area contributed by atoms with E-state index in [2.05, 4.69) is 5.32 Å². The zero-order chi connectivity index (χ0) is 13.4. The predicted octanol–water partition coefficient (Wildman–Crippen LogP) is 1.22. The Balaban J connectivity index is 2.23. The lowest BCUT2D eigenvalue weighted by Gasteiger charge is -2.03. The lowest BCUT2D eigenvalue weighted by molar-refractivity contribution is -0.118. The Morgan fingerprint density at radius 3 is 2.89 bits per heavy atom. The topological polar surface area (TPSA) is 88.8 Å². The third kappa shape index (κ3) is 5.24. The van der Waals surface area contributed by atoms with Crippen molar-refractivity contribution < 1.29 is 23.8 Å². The molecule has 1 heterocycles. The van der Waals surface area contributed by atoms with Crippen LogP contribution in [0.2, 0.25) is 0 Å². The standard InChI is InChI=1S/C11H15NO5S/c1-16-6-2-5-12-9(13)7-18-10-4-3-8(17-10)11(14)15/h3-4H,2,5-7H2,1H3,(H,12,13)(H,14,15). The van der Waals surface area contributed by atoms with Crippen LogP contribution >= 0.6 is 11.8 Å². The number of aromatic carboxylic acids is 1. The van der Waals surface area contributed by atoms with Gasteiger partial charge in [0.1, 0.15) is 0 Å². The second-order valence-corrected chi connectivity index (χ2v) is 4.39.